The van der Waals surface area contributed by atoms with Crippen LogP contribution in [-0.4, -0.2) is 32.9 Å². The summed E-state index contributed by atoms with van der Waals surface area (Å²) in [5.74, 6) is -0.773. The van der Waals surface area contributed by atoms with Crippen LogP contribution < -0.4 is 11.4 Å². The van der Waals surface area contributed by atoms with Gasteiger partial charge in [-0.25, -0.2) is 9.18 Å². The second-order valence-corrected chi connectivity index (χ2v) is 4.42. The lowest BCUT2D eigenvalue weighted by atomic mass is 10.2. The summed E-state index contributed by atoms with van der Waals surface area (Å²) < 4.78 is 18.9. The van der Waals surface area contributed by atoms with Gasteiger partial charge in [-0.2, -0.15) is 4.98 Å². The number of aromatic amines is 1. The number of thioether (sulfide) groups is 1. The second kappa shape index (κ2) is 5.67. The molecule has 0 radical (unpaired) electrons. The number of anilines is 1. The summed E-state index contributed by atoms with van der Waals surface area (Å²) >= 11 is 1.34. The van der Waals surface area contributed by atoms with Gasteiger partial charge in [0.05, 0.1) is 12.3 Å². The molecular weight excluding hydrogens is 273 g/mol. The molecule has 0 aromatic carbocycles. The number of nitrogen functional groups attached to an aromatic ring is 1. The third kappa shape index (κ3) is 2.89. The van der Waals surface area contributed by atoms with Crippen molar-refractivity contribution in [1.82, 2.24) is 9.97 Å². The predicted octanol–water partition coefficient (Wildman–Crippen LogP) is 0.0359. The van der Waals surface area contributed by atoms with Crippen LogP contribution in [-0.2, 0) is 4.74 Å². The Balaban J connectivity index is 0.00000144. The molecule has 9 heteroatoms. The monoisotopic (exact) mass is 283 g/mol. The minimum absolute atomic E-state index is 0. The highest BCUT2D eigenvalue weighted by Crippen LogP contribution is 2.35. The molecule has 2 atom stereocenters. The van der Waals surface area contributed by atoms with Crippen molar-refractivity contribution in [3.8, 4) is 0 Å². The van der Waals surface area contributed by atoms with Crippen molar-refractivity contribution in [3.05, 3.63) is 22.0 Å². The zero-order valence-electron chi connectivity index (χ0n) is 8.55. The first-order valence-electron chi connectivity index (χ1n) is 4.55. The smallest absolute Gasteiger partial charge is 0.347 e. The average Bonchev–Trinajstić information content (AvgIpc) is 2.71. The van der Waals surface area contributed by atoms with Gasteiger partial charge in [0.1, 0.15) is 11.5 Å². The third-order valence-corrected chi connectivity index (χ3v) is 3.27. The van der Waals surface area contributed by atoms with Gasteiger partial charge in [0.25, 0.3) is 0 Å². The number of hydrogen-bond donors (Lipinski definition) is 3. The van der Waals surface area contributed by atoms with Crippen LogP contribution in [0.25, 0.3) is 0 Å². The Labute approximate surface area is 106 Å². The predicted molar refractivity (Wildman–Crippen MR) is 63.6 cm³/mol. The van der Waals surface area contributed by atoms with Gasteiger partial charge in [0.2, 0.25) is 0 Å². The van der Waals surface area contributed by atoms with Crippen LogP contribution in [0.2, 0.25) is 0 Å². The summed E-state index contributed by atoms with van der Waals surface area (Å²) in [6.45, 7) is -0.159. The van der Waals surface area contributed by atoms with Crippen LogP contribution in [0.3, 0.4) is 0 Å². The molecular formula is C8H11ClFN3O3S. The van der Waals surface area contributed by atoms with Gasteiger partial charge in [-0.3, -0.25) is 0 Å². The maximum Gasteiger partial charge on any atom is 0.347 e. The zero-order valence-corrected chi connectivity index (χ0v) is 10.2. The summed E-state index contributed by atoms with van der Waals surface area (Å²) in [6, 6.07) is 0. The number of halogens is 2. The van der Waals surface area contributed by atoms with E-state index in [1.165, 1.54) is 11.8 Å². The summed E-state index contributed by atoms with van der Waals surface area (Å²) in [5, 5.41) is 8.86. The highest BCUT2D eigenvalue weighted by Gasteiger charge is 2.30. The summed E-state index contributed by atoms with van der Waals surface area (Å²) in [7, 11) is 0. The van der Waals surface area contributed by atoms with Gasteiger partial charge in [-0.05, 0) is 0 Å². The molecule has 1 aromatic rings. The van der Waals surface area contributed by atoms with Crippen molar-refractivity contribution in [2.75, 3.05) is 18.1 Å². The molecule has 17 heavy (non-hydrogen) atoms. The largest absolute Gasteiger partial charge is 0.393 e. The lowest BCUT2D eigenvalue weighted by Crippen LogP contribution is -2.21. The Morgan fingerprint density at radius 1 is 1.71 bits per heavy atom. The van der Waals surface area contributed by atoms with Crippen LogP contribution in [0.5, 0.6) is 0 Å². The highest BCUT2D eigenvalue weighted by atomic mass is 35.5. The molecule has 0 aliphatic carbocycles. The highest BCUT2D eigenvalue weighted by molar-refractivity contribution is 8.00. The first kappa shape index (κ1) is 14.2. The molecule has 2 heterocycles. The maximum absolute atomic E-state index is 13.6. The Morgan fingerprint density at radius 2 is 2.41 bits per heavy atom. The minimum Gasteiger partial charge on any atom is -0.393 e. The van der Waals surface area contributed by atoms with E-state index in [0.717, 1.165) is 0 Å². The molecule has 1 aliphatic rings. The van der Waals surface area contributed by atoms with E-state index < -0.39 is 28.9 Å². The average molecular weight is 284 g/mol. The van der Waals surface area contributed by atoms with Gasteiger partial charge >= 0.3 is 5.69 Å². The number of ether oxygens (including phenoxy) is 1. The first-order valence-corrected chi connectivity index (χ1v) is 5.59. The number of hydrogen-bond acceptors (Lipinski definition) is 6. The van der Waals surface area contributed by atoms with Crippen LogP contribution in [0, 0.1) is 5.82 Å². The molecule has 0 bridgehead atoms. The number of aliphatic hydroxyl groups excluding tert-OH is 1. The summed E-state index contributed by atoms with van der Waals surface area (Å²) in [5.41, 5.74) is 4.11. The molecule has 6 nitrogen and oxygen atoms in total. The molecule has 1 aliphatic heterocycles. The van der Waals surface area contributed by atoms with E-state index in [2.05, 4.69) is 9.97 Å². The number of aromatic nitrogens is 2. The van der Waals surface area contributed by atoms with Crippen LogP contribution >= 0.6 is 24.2 Å². The van der Waals surface area contributed by atoms with E-state index in [1.807, 2.05) is 0 Å². The van der Waals surface area contributed by atoms with Crippen molar-refractivity contribution in [1.29, 1.82) is 0 Å². The van der Waals surface area contributed by atoms with E-state index in [4.69, 9.17) is 15.6 Å². The van der Waals surface area contributed by atoms with E-state index in [1.54, 1.807) is 0 Å². The van der Waals surface area contributed by atoms with Crippen LogP contribution in [0.1, 0.15) is 11.8 Å². The maximum atomic E-state index is 13.6. The molecule has 1 saturated heterocycles. The molecule has 96 valence electrons. The number of nitrogens with two attached hydrogens (primary N) is 1. The Morgan fingerprint density at radius 3 is 3.00 bits per heavy atom. The molecule has 1 fully saturated rings. The number of nitrogens with one attached hydrogen (secondary N) is 1. The Hall–Kier alpha value is -0.830. The molecule has 0 spiro atoms. The van der Waals surface area contributed by atoms with Crippen molar-refractivity contribution < 1.29 is 14.2 Å². The van der Waals surface area contributed by atoms with E-state index in [-0.39, 0.29) is 24.7 Å². The standard InChI is InChI=1S/C8H10FN3O3S.ClH/c9-5-6(11-8(14)12-7(5)10)3-2-16-4(1-13)15-3;/h3-4,13H,1-2H2,(H3,10,11,12,14);1H/t3-,4+;/m1./s1. The zero-order chi connectivity index (χ0) is 11.7. The number of H-pyrrole nitrogens is 1. The van der Waals surface area contributed by atoms with E-state index >= 15 is 0 Å². The second-order valence-electron chi connectivity index (χ2n) is 3.23. The van der Waals surface area contributed by atoms with Crippen molar-refractivity contribution >= 4 is 30.0 Å². The fourth-order valence-electron chi connectivity index (χ4n) is 1.42. The first-order chi connectivity index (χ1) is 7.61. The Kier molecular flexibility index (Phi) is 4.75. The van der Waals surface area contributed by atoms with Crippen molar-refractivity contribution in [2.24, 2.45) is 0 Å². The number of rotatable bonds is 2. The molecule has 2 rings (SSSR count). The summed E-state index contributed by atoms with van der Waals surface area (Å²) in [6.07, 6.45) is -0.611. The quantitative estimate of drug-likeness (QED) is 0.708. The number of nitrogens with zero attached hydrogens (tertiary/aromatic N) is 1. The van der Waals surface area contributed by atoms with E-state index in [9.17, 15) is 9.18 Å². The molecule has 4 N–H and O–H groups in total. The fraction of sp³-hybridized carbons (Fsp3) is 0.500. The molecule has 0 unspecified atom stereocenters. The van der Waals surface area contributed by atoms with Crippen LogP contribution in [0.15, 0.2) is 4.79 Å². The van der Waals surface area contributed by atoms with Crippen molar-refractivity contribution in [2.45, 2.75) is 11.5 Å². The topological polar surface area (TPSA) is 101 Å². The summed E-state index contributed by atoms with van der Waals surface area (Å²) in [4.78, 5) is 16.5. The lowest BCUT2D eigenvalue weighted by molar-refractivity contribution is 0.0303. The van der Waals surface area contributed by atoms with E-state index in [0.29, 0.717) is 5.75 Å². The van der Waals surface area contributed by atoms with Gasteiger partial charge in [0.15, 0.2) is 11.6 Å². The normalized spacial score (nSPS) is 23.4. The van der Waals surface area contributed by atoms with Gasteiger partial charge in [-0.15, -0.1) is 24.2 Å². The number of aliphatic hydroxyl groups is 1. The molecule has 1 aromatic heterocycles. The SMILES string of the molecule is Cl.Nc1nc(=O)[nH]c([C@H]2CS[C@@H](CO)O2)c1F. The Bertz CT molecular complexity index is 458. The minimum atomic E-state index is -0.774. The molecule has 0 amide bonds. The van der Waals surface area contributed by atoms with Gasteiger partial charge in [-0.1, -0.05) is 0 Å². The molecule has 0 saturated carbocycles. The van der Waals surface area contributed by atoms with Crippen molar-refractivity contribution in [3.63, 3.8) is 0 Å². The third-order valence-electron chi connectivity index (χ3n) is 2.15. The lowest BCUT2D eigenvalue weighted by Gasteiger charge is -2.11. The van der Waals surface area contributed by atoms with Gasteiger partial charge < -0.3 is 20.6 Å². The fourth-order valence-corrected chi connectivity index (χ4v) is 2.37. The van der Waals surface area contributed by atoms with Crippen LogP contribution in [0.4, 0.5) is 10.2 Å². The van der Waals surface area contributed by atoms with Gasteiger partial charge in [0, 0.05) is 5.75 Å².